The highest BCUT2D eigenvalue weighted by Gasteiger charge is 2.31. The summed E-state index contributed by atoms with van der Waals surface area (Å²) in [6.45, 7) is 1.00. The summed E-state index contributed by atoms with van der Waals surface area (Å²) < 4.78 is 4.77. The topological polar surface area (TPSA) is 59.5 Å². The molecule has 1 atom stereocenters. The number of methoxy groups -OCH3 is 1. The van der Waals surface area contributed by atoms with Crippen LogP contribution in [0.3, 0.4) is 0 Å². The number of rotatable bonds is 3. The summed E-state index contributed by atoms with van der Waals surface area (Å²) in [6.07, 6.45) is 0. The van der Waals surface area contributed by atoms with Gasteiger partial charge in [-0.2, -0.15) is 11.3 Å². The molecule has 3 heterocycles. The number of carbonyl (C=O) groups excluding carboxylic acids is 2. The van der Waals surface area contributed by atoms with Crippen molar-refractivity contribution in [3.05, 3.63) is 27.9 Å². The van der Waals surface area contributed by atoms with Crippen molar-refractivity contribution < 1.29 is 14.3 Å². The minimum Gasteiger partial charge on any atom is -0.468 e. The molecule has 1 fully saturated rings. The van der Waals surface area contributed by atoms with Gasteiger partial charge in [0.15, 0.2) is 0 Å². The number of hydrogen-bond donors (Lipinski definition) is 0. The largest absolute Gasteiger partial charge is 0.468 e. The second-order valence-corrected chi connectivity index (χ2v) is 7.63. The lowest BCUT2D eigenvalue weighted by molar-refractivity contribution is -0.140. The van der Waals surface area contributed by atoms with E-state index in [0.717, 1.165) is 16.3 Å². The molecule has 2 aromatic rings. The van der Waals surface area contributed by atoms with Crippen LogP contribution in [0.15, 0.2) is 22.2 Å². The Hall–Kier alpha value is -1.38. The van der Waals surface area contributed by atoms with Gasteiger partial charge in [0.25, 0.3) is 5.91 Å². The molecule has 0 aromatic carbocycles. The normalized spacial score (nSPS) is 18.2. The van der Waals surface area contributed by atoms with Crippen molar-refractivity contribution in [2.45, 2.75) is 5.25 Å². The maximum Gasteiger partial charge on any atom is 0.320 e. The number of carbonyl (C=O) groups is 2. The summed E-state index contributed by atoms with van der Waals surface area (Å²) in [6, 6.07) is 1.99. The molecule has 3 rings (SSSR count). The molecule has 22 heavy (non-hydrogen) atoms. The van der Waals surface area contributed by atoms with Gasteiger partial charge < -0.3 is 9.64 Å². The molecular formula is C14H14N2O3S3. The Morgan fingerprint density at radius 2 is 2.27 bits per heavy atom. The third kappa shape index (κ3) is 3.18. The highest BCUT2D eigenvalue weighted by atomic mass is 32.2. The number of ether oxygens (including phenoxy) is 1. The predicted molar refractivity (Wildman–Crippen MR) is 89.6 cm³/mol. The molecule has 0 saturated carbocycles. The van der Waals surface area contributed by atoms with Crippen LogP contribution in [0.25, 0.3) is 10.6 Å². The first-order valence-electron chi connectivity index (χ1n) is 6.66. The monoisotopic (exact) mass is 354 g/mol. The SMILES string of the molecule is COC(=O)[C@@H]1CN(C(=O)c2csc(-c3ccsc3)n2)CCS1. The first-order valence-corrected chi connectivity index (χ1v) is 9.53. The molecule has 116 valence electrons. The lowest BCUT2D eigenvalue weighted by Crippen LogP contribution is -2.45. The van der Waals surface area contributed by atoms with Crippen molar-refractivity contribution in [3.8, 4) is 10.6 Å². The van der Waals surface area contributed by atoms with Gasteiger partial charge in [0.2, 0.25) is 0 Å². The number of aromatic nitrogens is 1. The Balaban J connectivity index is 1.72. The lowest BCUT2D eigenvalue weighted by Gasteiger charge is -2.30. The van der Waals surface area contributed by atoms with E-state index in [1.165, 1.54) is 30.2 Å². The van der Waals surface area contributed by atoms with Gasteiger partial charge in [0, 0.05) is 35.2 Å². The van der Waals surface area contributed by atoms with Crippen LogP contribution in [0, 0.1) is 0 Å². The summed E-state index contributed by atoms with van der Waals surface area (Å²) >= 11 is 4.60. The second kappa shape index (κ2) is 6.80. The average Bonchev–Trinajstić information content (AvgIpc) is 3.24. The van der Waals surface area contributed by atoms with E-state index in [0.29, 0.717) is 18.8 Å². The average molecular weight is 354 g/mol. The van der Waals surface area contributed by atoms with E-state index in [4.69, 9.17) is 4.74 Å². The van der Waals surface area contributed by atoms with Gasteiger partial charge in [-0.1, -0.05) is 0 Å². The van der Waals surface area contributed by atoms with Crippen LogP contribution in [0.4, 0.5) is 0 Å². The maximum atomic E-state index is 12.6. The second-order valence-electron chi connectivity index (χ2n) is 4.68. The molecule has 1 saturated heterocycles. The molecule has 0 unspecified atom stereocenters. The number of esters is 1. The fourth-order valence-corrected chi connectivity index (χ4v) is 4.79. The smallest absolute Gasteiger partial charge is 0.320 e. The molecule has 0 aliphatic carbocycles. The van der Waals surface area contributed by atoms with Crippen molar-refractivity contribution in [1.29, 1.82) is 0 Å². The van der Waals surface area contributed by atoms with Gasteiger partial charge in [0.05, 0.1) is 7.11 Å². The Bertz CT molecular complexity index is 669. The highest BCUT2D eigenvalue weighted by Crippen LogP contribution is 2.27. The summed E-state index contributed by atoms with van der Waals surface area (Å²) in [5.41, 5.74) is 1.48. The van der Waals surface area contributed by atoms with Crippen molar-refractivity contribution in [3.63, 3.8) is 0 Å². The number of thiazole rings is 1. The summed E-state index contributed by atoms with van der Waals surface area (Å²) in [7, 11) is 1.37. The van der Waals surface area contributed by atoms with E-state index in [2.05, 4.69) is 4.98 Å². The number of thioether (sulfide) groups is 1. The van der Waals surface area contributed by atoms with E-state index in [-0.39, 0.29) is 17.1 Å². The first kappa shape index (κ1) is 15.5. The Kier molecular flexibility index (Phi) is 4.80. The van der Waals surface area contributed by atoms with Crippen LogP contribution in [-0.4, -0.2) is 53.0 Å². The molecule has 0 radical (unpaired) electrons. The summed E-state index contributed by atoms with van der Waals surface area (Å²) in [4.78, 5) is 30.3. The zero-order chi connectivity index (χ0) is 15.5. The van der Waals surface area contributed by atoms with Crippen LogP contribution in [0.1, 0.15) is 10.5 Å². The van der Waals surface area contributed by atoms with Crippen molar-refractivity contribution >= 4 is 46.3 Å². The predicted octanol–water partition coefficient (Wildman–Crippen LogP) is 2.60. The molecule has 1 aliphatic heterocycles. The van der Waals surface area contributed by atoms with Crippen molar-refractivity contribution in [1.82, 2.24) is 9.88 Å². The fraction of sp³-hybridized carbons (Fsp3) is 0.357. The lowest BCUT2D eigenvalue weighted by atomic mass is 10.3. The van der Waals surface area contributed by atoms with E-state index >= 15 is 0 Å². The molecule has 8 heteroatoms. The minimum atomic E-state index is -0.308. The number of amides is 1. The number of nitrogens with zero attached hydrogens (tertiary/aromatic N) is 2. The summed E-state index contributed by atoms with van der Waals surface area (Å²) in [5, 5.41) is 6.32. The van der Waals surface area contributed by atoms with Gasteiger partial charge in [-0.25, -0.2) is 4.98 Å². The van der Waals surface area contributed by atoms with Gasteiger partial charge >= 0.3 is 5.97 Å². The Morgan fingerprint density at radius 3 is 3.00 bits per heavy atom. The zero-order valence-corrected chi connectivity index (χ0v) is 14.3. The van der Waals surface area contributed by atoms with Gasteiger partial charge in [-0.05, 0) is 11.4 Å². The Labute approximate surface area is 140 Å². The summed E-state index contributed by atoms with van der Waals surface area (Å²) in [5.74, 6) is 0.333. The molecule has 0 bridgehead atoms. The maximum absolute atomic E-state index is 12.6. The fourth-order valence-electron chi connectivity index (χ4n) is 2.16. The molecule has 1 aliphatic rings. The number of thiophene rings is 1. The van der Waals surface area contributed by atoms with Crippen molar-refractivity contribution in [2.75, 3.05) is 26.0 Å². The van der Waals surface area contributed by atoms with Gasteiger partial charge in [0.1, 0.15) is 16.0 Å². The Morgan fingerprint density at radius 1 is 1.41 bits per heavy atom. The van der Waals surface area contributed by atoms with E-state index in [1.807, 2.05) is 16.8 Å². The first-order chi connectivity index (χ1) is 10.7. The molecular weight excluding hydrogens is 340 g/mol. The van der Waals surface area contributed by atoms with Gasteiger partial charge in [-0.3, -0.25) is 9.59 Å². The quantitative estimate of drug-likeness (QED) is 0.793. The molecule has 1 amide bonds. The van der Waals surface area contributed by atoms with Crippen LogP contribution < -0.4 is 0 Å². The van der Waals surface area contributed by atoms with E-state index in [9.17, 15) is 9.59 Å². The third-order valence-corrected chi connectivity index (χ3v) is 6.05. The molecule has 0 spiro atoms. The number of hydrogen-bond acceptors (Lipinski definition) is 7. The van der Waals surface area contributed by atoms with E-state index in [1.54, 1.807) is 21.6 Å². The third-order valence-electron chi connectivity index (χ3n) is 3.31. The van der Waals surface area contributed by atoms with Gasteiger partial charge in [-0.15, -0.1) is 23.1 Å². The standard InChI is InChI=1S/C14H14N2O3S3/c1-19-14(18)11-6-16(3-5-21-11)13(17)10-8-22-12(15-10)9-2-4-20-7-9/h2,4,7-8,11H,3,5-6H2,1H3/t11-/m0/s1. The van der Waals surface area contributed by atoms with Crippen LogP contribution in [0.2, 0.25) is 0 Å². The van der Waals surface area contributed by atoms with Crippen LogP contribution in [-0.2, 0) is 9.53 Å². The molecule has 5 nitrogen and oxygen atoms in total. The van der Waals surface area contributed by atoms with E-state index < -0.39 is 0 Å². The molecule has 2 aromatic heterocycles. The van der Waals surface area contributed by atoms with Crippen LogP contribution >= 0.6 is 34.4 Å². The zero-order valence-electron chi connectivity index (χ0n) is 11.9. The highest BCUT2D eigenvalue weighted by molar-refractivity contribution is 8.00. The molecule has 0 N–H and O–H groups in total. The van der Waals surface area contributed by atoms with Crippen molar-refractivity contribution in [2.24, 2.45) is 0 Å². The minimum absolute atomic E-state index is 0.119. The van der Waals surface area contributed by atoms with Crippen LogP contribution in [0.5, 0.6) is 0 Å².